The molecular formula is C11H17NO4. The number of carbonyl (C=O) groups excluding carboxylic acids is 3. The monoisotopic (exact) mass is 227 g/mol. The van der Waals surface area contributed by atoms with Crippen molar-refractivity contribution < 1.29 is 19.5 Å². The highest BCUT2D eigenvalue weighted by Gasteiger charge is 2.21. The number of amides is 2. The first kappa shape index (κ1) is 14.5. The number of hydrogen-bond acceptors (Lipinski definition) is 4. The maximum absolute atomic E-state index is 11.1. The Morgan fingerprint density at radius 3 is 2.19 bits per heavy atom. The van der Waals surface area contributed by atoms with E-state index in [9.17, 15) is 14.4 Å². The highest BCUT2D eigenvalue weighted by molar-refractivity contribution is 6.12. The first-order chi connectivity index (χ1) is 7.75. The molecule has 0 atom stereocenters. The quantitative estimate of drug-likeness (QED) is 0.402. The van der Waals surface area contributed by atoms with E-state index in [2.05, 4.69) is 0 Å². The normalized spacial score (nSPS) is 13.8. The number of imide groups is 1. The number of aliphatic hydroxyl groups excluding tert-OH is 1. The lowest BCUT2D eigenvalue weighted by Gasteiger charge is -2.12. The number of nitrogens with zero attached hydrogens (tertiary/aromatic N) is 1. The number of unbranched alkanes of at least 4 members (excludes halogenated alkanes) is 3. The van der Waals surface area contributed by atoms with E-state index in [0.717, 1.165) is 32.7 Å². The smallest absolute Gasteiger partial charge is 0.253 e. The van der Waals surface area contributed by atoms with Gasteiger partial charge in [-0.25, -0.2) is 0 Å². The van der Waals surface area contributed by atoms with Crippen LogP contribution in [0.5, 0.6) is 0 Å². The van der Waals surface area contributed by atoms with Crippen LogP contribution >= 0.6 is 0 Å². The number of rotatable bonds is 6. The molecule has 0 aliphatic carbocycles. The minimum absolute atomic E-state index is 0.231. The third-order valence-electron chi connectivity index (χ3n) is 2.10. The fraction of sp³-hybridized carbons (Fsp3) is 0.545. The van der Waals surface area contributed by atoms with E-state index in [4.69, 9.17) is 5.11 Å². The van der Waals surface area contributed by atoms with Gasteiger partial charge in [0, 0.05) is 32.2 Å². The Hall–Kier alpha value is -1.49. The fourth-order valence-electron chi connectivity index (χ4n) is 1.33. The van der Waals surface area contributed by atoms with Crippen molar-refractivity contribution in [1.82, 2.24) is 4.90 Å². The van der Waals surface area contributed by atoms with Gasteiger partial charge in [0.1, 0.15) is 6.29 Å². The first-order valence-electron chi connectivity index (χ1n) is 5.17. The van der Waals surface area contributed by atoms with Crippen molar-refractivity contribution in [1.29, 1.82) is 0 Å². The second kappa shape index (κ2) is 8.79. The SMILES string of the molecule is CO.O=CCCCCCN1C(=O)C=CC1=O. The van der Waals surface area contributed by atoms with E-state index in [1.54, 1.807) is 0 Å². The van der Waals surface area contributed by atoms with E-state index in [1.807, 2.05) is 0 Å². The molecule has 0 fully saturated rings. The number of aldehydes is 1. The van der Waals surface area contributed by atoms with Gasteiger partial charge in [-0.05, 0) is 12.8 Å². The Kier molecular flexibility index (Phi) is 7.97. The minimum atomic E-state index is -0.231. The lowest BCUT2D eigenvalue weighted by Crippen LogP contribution is -2.30. The largest absolute Gasteiger partial charge is 0.400 e. The molecule has 1 N–H and O–H groups in total. The molecule has 1 rings (SSSR count). The maximum atomic E-state index is 11.1. The summed E-state index contributed by atoms with van der Waals surface area (Å²) in [6, 6.07) is 0. The van der Waals surface area contributed by atoms with Crippen molar-refractivity contribution in [2.45, 2.75) is 25.7 Å². The van der Waals surface area contributed by atoms with Crippen LogP contribution in [0.2, 0.25) is 0 Å². The van der Waals surface area contributed by atoms with Crippen molar-refractivity contribution in [2.75, 3.05) is 13.7 Å². The molecular weight excluding hydrogens is 210 g/mol. The molecule has 0 aromatic rings. The fourth-order valence-corrected chi connectivity index (χ4v) is 1.33. The van der Waals surface area contributed by atoms with Crippen molar-refractivity contribution >= 4 is 18.1 Å². The molecule has 90 valence electrons. The Labute approximate surface area is 94.7 Å². The van der Waals surface area contributed by atoms with Crippen LogP contribution in [0.15, 0.2) is 12.2 Å². The summed E-state index contributed by atoms with van der Waals surface area (Å²) in [5.41, 5.74) is 0. The summed E-state index contributed by atoms with van der Waals surface area (Å²) in [5.74, 6) is -0.462. The summed E-state index contributed by atoms with van der Waals surface area (Å²) in [7, 11) is 1.00. The zero-order valence-electron chi connectivity index (χ0n) is 9.39. The third kappa shape index (κ3) is 4.84. The van der Waals surface area contributed by atoms with Crippen LogP contribution < -0.4 is 0 Å². The Morgan fingerprint density at radius 1 is 1.12 bits per heavy atom. The molecule has 1 aliphatic heterocycles. The maximum Gasteiger partial charge on any atom is 0.253 e. The van der Waals surface area contributed by atoms with Crippen molar-refractivity contribution in [3.05, 3.63) is 12.2 Å². The van der Waals surface area contributed by atoms with Crippen LogP contribution in [0.1, 0.15) is 25.7 Å². The molecule has 5 heteroatoms. The molecule has 0 spiro atoms. The Morgan fingerprint density at radius 2 is 1.69 bits per heavy atom. The van der Waals surface area contributed by atoms with Crippen molar-refractivity contribution in [3.63, 3.8) is 0 Å². The number of hydrogen-bond donors (Lipinski definition) is 1. The van der Waals surface area contributed by atoms with E-state index in [1.165, 1.54) is 17.1 Å². The van der Waals surface area contributed by atoms with Gasteiger partial charge in [-0.15, -0.1) is 0 Å². The minimum Gasteiger partial charge on any atom is -0.400 e. The van der Waals surface area contributed by atoms with Gasteiger partial charge in [0.05, 0.1) is 0 Å². The summed E-state index contributed by atoms with van der Waals surface area (Å²) in [6.07, 6.45) is 6.48. The van der Waals surface area contributed by atoms with Crippen LogP contribution in [-0.2, 0) is 14.4 Å². The molecule has 0 aromatic heterocycles. The highest BCUT2D eigenvalue weighted by Crippen LogP contribution is 2.06. The molecule has 0 unspecified atom stereocenters. The molecule has 2 amide bonds. The zero-order chi connectivity index (χ0) is 12.4. The van der Waals surface area contributed by atoms with E-state index >= 15 is 0 Å². The van der Waals surface area contributed by atoms with Crippen LogP contribution in [0.3, 0.4) is 0 Å². The van der Waals surface area contributed by atoms with E-state index < -0.39 is 0 Å². The van der Waals surface area contributed by atoms with Crippen LogP contribution in [0, 0.1) is 0 Å². The standard InChI is InChI=1S/C10H13NO3.CH4O/c12-8-4-2-1-3-7-11-9(13)5-6-10(11)14;1-2/h5-6,8H,1-4,7H2;2H,1H3. The second-order valence-corrected chi connectivity index (χ2v) is 3.18. The molecule has 5 nitrogen and oxygen atoms in total. The topological polar surface area (TPSA) is 74.7 Å². The summed E-state index contributed by atoms with van der Waals surface area (Å²) < 4.78 is 0. The third-order valence-corrected chi connectivity index (χ3v) is 2.10. The zero-order valence-corrected chi connectivity index (χ0v) is 9.39. The molecule has 16 heavy (non-hydrogen) atoms. The molecule has 1 aliphatic rings. The molecule has 0 saturated carbocycles. The lowest BCUT2D eigenvalue weighted by molar-refractivity contribution is -0.136. The average Bonchev–Trinajstić information content (AvgIpc) is 2.62. The van der Waals surface area contributed by atoms with Crippen LogP contribution in [0.25, 0.3) is 0 Å². The van der Waals surface area contributed by atoms with Crippen LogP contribution in [0.4, 0.5) is 0 Å². The van der Waals surface area contributed by atoms with Gasteiger partial charge in [0.25, 0.3) is 11.8 Å². The Balaban J connectivity index is 0.00000106. The summed E-state index contributed by atoms with van der Waals surface area (Å²) in [6.45, 7) is 0.462. The highest BCUT2D eigenvalue weighted by atomic mass is 16.2. The van der Waals surface area contributed by atoms with Gasteiger partial charge >= 0.3 is 0 Å². The average molecular weight is 227 g/mol. The molecule has 0 radical (unpaired) electrons. The molecule has 0 saturated heterocycles. The van der Waals surface area contributed by atoms with Crippen molar-refractivity contribution in [2.24, 2.45) is 0 Å². The molecule has 1 heterocycles. The van der Waals surface area contributed by atoms with E-state index in [0.29, 0.717) is 13.0 Å². The summed E-state index contributed by atoms with van der Waals surface area (Å²) in [5, 5.41) is 7.00. The first-order valence-corrected chi connectivity index (χ1v) is 5.17. The predicted octanol–water partition coefficient (Wildman–Crippen LogP) is 0.279. The van der Waals surface area contributed by atoms with E-state index in [-0.39, 0.29) is 11.8 Å². The van der Waals surface area contributed by atoms with Gasteiger partial charge in [-0.1, -0.05) is 6.42 Å². The number of aliphatic hydroxyl groups is 1. The van der Waals surface area contributed by atoms with Crippen LogP contribution in [-0.4, -0.2) is 41.8 Å². The molecule has 0 bridgehead atoms. The number of carbonyl (C=O) groups is 3. The summed E-state index contributed by atoms with van der Waals surface area (Å²) >= 11 is 0. The predicted molar refractivity (Wildman–Crippen MR) is 58.5 cm³/mol. The van der Waals surface area contributed by atoms with Gasteiger partial charge < -0.3 is 9.90 Å². The Bertz CT molecular complexity index is 255. The molecule has 0 aromatic carbocycles. The van der Waals surface area contributed by atoms with Gasteiger partial charge in [0.15, 0.2) is 0 Å². The second-order valence-electron chi connectivity index (χ2n) is 3.18. The van der Waals surface area contributed by atoms with Crippen molar-refractivity contribution in [3.8, 4) is 0 Å². The van der Waals surface area contributed by atoms with Gasteiger partial charge in [0.2, 0.25) is 0 Å². The lowest BCUT2D eigenvalue weighted by atomic mass is 10.2. The summed E-state index contributed by atoms with van der Waals surface area (Å²) in [4.78, 5) is 33.4. The van der Waals surface area contributed by atoms with Gasteiger partial charge in [-0.2, -0.15) is 0 Å². The van der Waals surface area contributed by atoms with Gasteiger partial charge in [-0.3, -0.25) is 14.5 Å².